The largest absolute Gasteiger partial charge is 0.324 e. The van der Waals surface area contributed by atoms with Crippen LogP contribution in [-0.2, 0) is 0 Å². The van der Waals surface area contributed by atoms with Crippen LogP contribution in [0.1, 0.15) is 30.5 Å². The first-order valence-corrected chi connectivity index (χ1v) is 6.97. The molecule has 0 radical (unpaired) electrons. The lowest BCUT2D eigenvalue weighted by Crippen LogP contribution is -2.10. The van der Waals surface area contributed by atoms with E-state index in [-0.39, 0.29) is 6.04 Å². The maximum absolute atomic E-state index is 6.05. The number of hydrogen-bond acceptors (Lipinski definition) is 3. The summed E-state index contributed by atoms with van der Waals surface area (Å²) in [6.07, 6.45) is 2.85. The van der Waals surface area contributed by atoms with Crippen molar-refractivity contribution in [1.82, 2.24) is 4.98 Å². The highest BCUT2D eigenvalue weighted by atomic mass is 32.2. The summed E-state index contributed by atoms with van der Waals surface area (Å²) >= 11 is 1.68. The molecule has 2 rings (SSSR count). The molecule has 18 heavy (non-hydrogen) atoms. The molecule has 1 atom stereocenters. The minimum Gasteiger partial charge on any atom is -0.324 e. The van der Waals surface area contributed by atoms with Crippen molar-refractivity contribution in [3.8, 4) is 0 Å². The predicted octanol–water partition coefficient (Wildman–Crippen LogP) is 3.95. The topological polar surface area (TPSA) is 38.9 Å². The number of rotatable bonds is 4. The Morgan fingerprint density at radius 1 is 1.28 bits per heavy atom. The first kappa shape index (κ1) is 13.1. The van der Waals surface area contributed by atoms with Gasteiger partial charge in [-0.15, -0.1) is 0 Å². The maximum atomic E-state index is 6.05. The van der Waals surface area contributed by atoms with Gasteiger partial charge in [0.05, 0.1) is 0 Å². The van der Waals surface area contributed by atoms with E-state index in [1.807, 2.05) is 24.4 Å². The van der Waals surface area contributed by atoms with Crippen LogP contribution in [-0.4, -0.2) is 4.98 Å². The second-order valence-corrected chi connectivity index (χ2v) is 5.40. The van der Waals surface area contributed by atoms with Crippen molar-refractivity contribution in [3.63, 3.8) is 0 Å². The Morgan fingerprint density at radius 2 is 2.00 bits per heavy atom. The van der Waals surface area contributed by atoms with Crippen LogP contribution in [0.25, 0.3) is 0 Å². The number of benzene rings is 1. The summed E-state index contributed by atoms with van der Waals surface area (Å²) in [5.41, 5.74) is 8.42. The maximum Gasteiger partial charge on any atom is 0.101 e. The molecule has 0 saturated carbocycles. The van der Waals surface area contributed by atoms with Crippen LogP contribution in [0.3, 0.4) is 0 Å². The van der Waals surface area contributed by atoms with Crippen LogP contribution in [0.5, 0.6) is 0 Å². The molecule has 0 fully saturated rings. The Hall–Kier alpha value is -1.32. The summed E-state index contributed by atoms with van der Waals surface area (Å²) in [5, 5.41) is 1.02. The normalized spacial score (nSPS) is 12.4. The van der Waals surface area contributed by atoms with Gasteiger partial charge in [-0.25, -0.2) is 4.98 Å². The molecular formula is C15H18N2S. The third-order valence-electron chi connectivity index (χ3n) is 2.93. The number of aromatic nitrogens is 1. The molecule has 0 aliphatic carbocycles. The molecule has 0 spiro atoms. The molecule has 0 amide bonds. The fourth-order valence-corrected chi connectivity index (χ4v) is 2.69. The fraction of sp³-hybridized carbons (Fsp3) is 0.267. The summed E-state index contributed by atoms with van der Waals surface area (Å²) in [6, 6.07) is 12.5. The van der Waals surface area contributed by atoms with Gasteiger partial charge in [-0.05, 0) is 42.7 Å². The smallest absolute Gasteiger partial charge is 0.101 e. The van der Waals surface area contributed by atoms with Crippen molar-refractivity contribution >= 4 is 11.8 Å². The van der Waals surface area contributed by atoms with Crippen LogP contribution in [0.4, 0.5) is 0 Å². The van der Waals surface area contributed by atoms with E-state index in [0.29, 0.717) is 0 Å². The van der Waals surface area contributed by atoms with Crippen molar-refractivity contribution in [2.45, 2.75) is 36.2 Å². The van der Waals surface area contributed by atoms with E-state index in [2.05, 4.69) is 37.0 Å². The molecule has 2 N–H and O–H groups in total. The highest BCUT2D eigenvalue weighted by Gasteiger charge is 2.08. The Labute approximate surface area is 113 Å². The molecule has 0 saturated heterocycles. The van der Waals surface area contributed by atoms with Crippen molar-refractivity contribution in [3.05, 3.63) is 53.7 Å². The first-order chi connectivity index (χ1) is 8.70. The minimum atomic E-state index is 0.0910. The number of nitrogens with two attached hydrogens (primary N) is 1. The highest BCUT2D eigenvalue weighted by molar-refractivity contribution is 7.99. The van der Waals surface area contributed by atoms with E-state index in [0.717, 1.165) is 17.0 Å². The average Bonchev–Trinajstić information content (AvgIpc) is 2.39. The Kier molecular flexibility index (Phi) is 4.39. The van der Waals surface area contributed by atoms with Crippen molar-refractivity contribution in [1.29, 1.82) is 0 Å². The quantitative estimate of drug-likeness (QED) is 0.902. The van der Waals surface area contributed by atoms with Crippen LogP contribution in [0.15, 0.2) is 52.5 Å². The molecule has 0 aliphatic heterocycles. The van der Waals surface area contributed by atoms with Gasteiger partial charge in [0.1, 0.15) is 5.03 Å². The van der Waals surface area contributed by atoms with E-state index in [4.69, 9.17) is 5.73 Å². The van der Waals surface area contributed by atoms with E-state index < -0.39 is 0 Å². The zero-order valence-electron chi connectivity index (χ0n) is 10.8. The summed E-state index contributed by atoms with van der Waals surface area (Å²) in [4.78, 5) is 5.69. The molecule has 1 heterocycles. The van der Waals surface area contributed by atoms with Gasteiger partial charge in [0.25, 0.3) is 0 Å². The number of hydrogen-bond donors (Lipinski definition) is 1. The molecule has 1 aromatic heterocycles. The molecule has 0 bridgehead atoms. The monoisotopic (exact) mass is 258 g/mol. The van der Waals surface area contributed by atoms with Gasteiger partial charge < -0.3 is 5.73 Å². The molecule has 0 aliphatic rings. The molecule has 2 aromatic rings. The lowest BCUT2D eigenvalue weighted by atomic mass is 10.0. The third-order valence-corrected chi connectivity index (χ3v) is 3.87. The van der Waals surface area contributed by atoms with E-state index in [1.54, 1.807) is 11.8 Å². The van der Waals surface area contributed by atoms with Gasteiger partial charge in [-0.2, -0.15) is 0 Å². The van der Waals surface area contributed by atoms with Crippen LogP contribution < -0.4 is 5.73 Å². The minimum absolute atomic E-state index is 0.0910. The number of pyridine rings is 1. The van der Waals surface area contributed by atoms with Gasteiger partial charge in [0.15, 0.2) is 0 Å². The summed E-state index contributed by atoms with van der Waals surface area (Å²) in [7, 11) is 0. The van der Waals surface area contributed by atoms with Gasteiger partial charge in [-0.3, -0.25) is 0 Å². The van der Waals surface area contributed by atoms with Gasteiger partial charge in [-0.1, -0.05) is 36.9 Å². The van der Waals surface area contributed by atoms with Gasteiger partial charge in [0, 0.05) is 17.1 Å². The van der Waals surface area contributed by atoms with Crippen molar-refractivity contribution in [2.75, 3.05) is 0 Å². The second-order valence-electron chi connectivity index (χ2n) is 4.31. The fourth-order valence-electron chi connectivity index (χ4n) is 1.81. The van der Waals surface area contributed by atoms with Crippen LogP contribution in [0, 0.1) is 6.92 Å². The van der Waals surface area contributed by atoms with Crippen LogP contribution >= 0.6 is 11.8 Å². The summed E-state index contributed by atoms with van der Waals surface area (Å²) in [5.74, 6) is 0. The molecule has 94 valence electrons. The molecule has 0 unspecified atom stereocenters. The Bertz CT molecular complexity index is 511. The predicted molar refractivity (Wildman–Crippen MR) is 76.8 cm³/mol. The lowest BCUT2D eigenvalue weighted by molar-refractivity contribution is 0.687. The second kappa shape index (κ2) is 6.03. The van der Waals surface area contributed by atoms with Crippen molar-refractivity contribution < 1.29 is 0 Å². The van der Waals surface area contributed by atoms with Gasteiger partial charge >= 0.3 is 0 Å². The highest BCUT2D eigenvalue weighted by Crippen LogP contribution is 2.28. The number of aryl methyl sites for hydroxylation is 1. The Balaban J connectivity index is 2.19. The van der Waals surface area contributed by atoms with Crippen LogP contribution in [0.2, 0.25) is 0 Å². The summed E-state index contributed by atoms with van der Waals surface area (Å²) in [6.45, 7) is 4.19. The zero-order valence-corrected chi connectivity index (χ0v) is 11.6. The SMILES string of the molecule is CC[C@@H](N)c1cnc(Sc2ccccc2)cc1C. The van der Waals surface area contributed by atoms with E-state index >= 15 is 0 Å². The molecule has 3 heteroatoms. The molecule has 2 nitrogen and oxygen atoms in total. The standard InChI is InChI=1S/C15H18N2S/c1-3-14(16)13-10-17-15(9-11(13)2)18-12-7-5-4-6-8-12/h4-10,14H,3,16H2,1-2H3/t14-/m1/s1. The van der Waals surface area contributed by atoms with E-state index in [1.165, 1.54) is 10.5 Å². The van der Waals surface area contributed by atoms with Crippen molar-refractivity contribution in [2.24, 2.45) is 5.73 Å². The number of nitrogens with zero attached hydrogens (tertiary/aromatic N) is 1. The summed E-state index contributed by atoms with van der Waals surface area (Å²) < 4.78 is 0. The third kappa shape index (κ3) is 3.12. The average molecular weight is 258 g/mol. The van der Waals surface area contributed by atoms with E-state index in [9.17, 15) is 0 Å². The molecular weight excluding hydrogens is 240 g/mol. The molecule has 1 aromatic carbocycles. The zero-order chi connectivity index (χ0) is 13.0. The van der Waals surface area contributed by atoms with Gasteiger partial charge in [0.2, 0.25) is 0 Å². The Morgan fingerprint density at radius 3 is 2.61 bits per heavy atom. The lowest BCUT2D eigenvalue weighted by Gasteiger charge is -2.12. The first-order valence-electron chi connectivity index (χ1n) is 6.15.